The number of aromatic nitrogens is 2. The predicted octanol–water partition coefficient (Wildman–Crippen LogP) is 12.2. The molecule has 5 heteroatoms. The van der Waals surface area contributed by atoms with E-state index in [1.165, 1.54) is 25.3 Å². The summed E-state index contributed by atoms with van der Waals surface area (Å²) in [5.74, 6) is 6.17. The van der Waals surface area contributed by atoms with Crippen LogP contribution in [0.15, 0.2) is 85.1 Å². The minimum Gasteiger partial charge on any atom is 0 e. The second kappa shape index (κ2) is 16.6. The molecule has 257 valence electrons. The number of rotatable bonds is 7. The van der Waals surface area contributed by atoms with Crippen molar-refractivity contribution in [2.24, 2.45) is 11.8 Å². The zero-order chi connectivity index (χ0) is 41.7. The summed E-state index contributed by atoms with van der Waals surface area (Å²) in [7, 11) is 0. The molecule has 1 radical (unpaired) electrons. The fourth-order valence-corrected chi connectivity index (χ4v) is 10.8. The fraction of sp³-hybridized carbons (Fsp3) is 0.364. The SMILES string of the molecule is [2H]C([2H])([2H])c1ccc2c(c1)sc1c(-c3cc(C([2H])(C)C4CCCCC4)ccn3)[c-]ccc12.[2H]c1[c-]c(-c2cc(C([2H])([2H])C(C)C)[c]([Ge]([CH3])([CH3])[CH3])cn2)cc([2H])c1[2H].[Ir]. The van der Waals surface area contributed by atoms with Gasteiger partial charge in [-0.1, -0.05) is 55.3 Å². The summed E-state index contributed by atoms with van der Waals surface area (Å²) in [6, 6.07) is 22.4. The number of thiophene rings is 1. The largest absolute Gasteiger partial charge is 0 e. The Hall–Kier alpha value is -2.63. The molecule has 3 heterocycles. The first kappa shape index (κ1) is 27.1. The van der Waals surface area contributed by atoms with E-state index in [4.69, 9.17) is 12.3 Å². The van der Waals surface area contributed by atoms with Crippen LogP contribution in [-0.2, 0) is 26.5 Å². The second-order valence-electron chi connectivity index (χ2n) is 14.1. The minimum atomic E-state index is -2.34. The van der Waals surface area contributed by atoms with Crippen LogP contribution in [0.25, 0.3) is 42.7 Å². The smallest absolute Gasteiger partial charge is 0 e. The molecule has 0 saturated heterocycles. The third kappa shape index (κ3) is 9.00. The van der Waals surface area contributed by atoms with Gasteiger partial charge in [0.1, 0.15) is 0 Å². The van der Waals surface area contributed by atoms with E-state index in [0.717, 1.165) is 54.2 Å². The number of hydrogen-bond donors (Lipinski definition) is 0. The van der Waals surface area contributed by atoms with E-state index in [9.17, 15) is 0 Å². The number of benzene rings is 3. The molecule has 1 saturated carbocycles. The molecule has 1 aliphatic rings. The molecule has 1 atom stereocenters. The first-order chi connectivity index (χ1) is 26.6. The van der Waals surface area contributed by atoms with Crippen LogP contribution < -0.4 is 4.40 Å². The number of pyridine rings is 2. The van der Waals surface area contributed by atoms with Crippen LogP contribution in [0.3, 0.4) is 0 Å². The Bertz CT molecular complexity index is 2390. The number of fused-ring (bicyclic) bond motifs is 3. The summed E-state index contributed by atoms with van der Waals surface area (Å²) in [5.41, 5.74) is 4.72. The van der Waals surface area contributed by atoms with Crippen LogP contribution >= 0.6 is 11.3 Å². The van der Waals surface area contributed by atoms with Crippen molar-refractivity contribution >= 4 is 49.2 Å². The standard InChI is InChI=1S/C26H26NS.C18H24GeN.Ir/c1-17-11-12-21-22-9-6-10-23(26(22)28-25(21)15-17)24-16-20(13-14-27-24)18(2)19-7-4-3-5-8-19;1-14(2)11-16-12-18(15-9-7-6-8-10-15)20-13-17(16)19(3,4)5;/h6,9,11-16,18-19H,3-5,7-8H2,1-2H3;6-9,12-14H,11H2,1-5H3;/q2*-1;/i1D3,18D;6D,7D,8D,11D2;. The second-order valence-corrected chi connectivity index (χ2v) is 25.7. The molecule has 2 nitrogen and oxygen atoms in total. The molecule has 49 heavy (non-hydrogen) atoms. The summed E-state index contributed by atoms with van der Waals surface area (Å²) in [6.07, 6.45) is 8.01. The topological polar surface area (TPSA) is 25.8 Å². The molecule has 0 amide bonds. The van der Waals surface area contributed by atoms with E-state index in [0.29, 0.717) is 28.3 Å². The normalized spacial score (nSPS) is 18.2. The maximum absolute atomic E-state index is 9.17. The van der Waals surface area contributed by atoms with E-state index in [1.54, 1.807) is 35.7 Å². The van der Waals surface area contributed by atoms with Crippen molar-refractivity contribution in [1.82, 2.24) is 9.97 Å². The summed E-state index contributed by atoms with van der Waals surface area (Å²) in [6.45, 7) is 3.66. The molecule has 3 aromatic carbocycles. The van der Waals surface area contributed by atoms with E-state index in [1.807, 2.05) is 51.2 Å². The molecule has 0 spiro atoms. The molecule has 3 aromatic heterocycles. The molecule has 1 aliphatic carbocycles. The summed E-state index contributed by atoms with van der Waals surface area (Å²) in [5, 5.41) is 2.14. The van der Waals surface area contributed by atoms with Crippen LogP contribution in [0.1, 0.15) is 87.8 Å². The van der Waals surface area contributed by atoms with E-state index in [-0.39, 0.29) is 44.2 Å². The van der Waals surface area contributed by atoms with Crippen molar-refractivity contribution in [3.05, 3.63) is 114 Å². The van der Waals surface area contributed by atoms with Gasteiger partial charge in [0.15, 0.2) is 0 Å². The molecule has 0 N–H and O–H groups in total. The van der Waals surface area contributed by atoms with Gasteiger partial charge in [0.2, 0.25) is 0 Å². The van der Waals surface area contributed by atoms with Gasteiger partial charge in [-0.25, -0.2) is 0 Å². The number of aryl methyl sites for hydroxylation is 1. The molecule has 7 rings (SSSR count). The van der Waals surface area contributed by atoms with Gasteiger partial charge in [-0.15, -0.1) is 23.8 Å². The number of nitrogens with zero attached hydrogens (tertiary/aromatic N) is 2. The van der Waals surface area contributed by atoms with E-state index >= 15 is 0 Å². The Labute approximate surface area is 327 Å². The molecule has 1 unspecified atom stereocenters. The van der Waals surface area contributed by atoms with E-state index < -0.39 is 32.4 Å². The Kier molecular flexibility index (Phi) is 9.17. The predicted molar refractivity (Wildman–Crippen MR) is 211 cm³/mol. The van der Waals surface area contributed by atoms with Gasteiger partial charge in [0.05, 0.1) is 0 Å². The van der Waals surface area contributed by atoms with Crippen molar-refractivity contribution in [2.75, 3.05) is 0 Å². The molecular formula is C44H50GeIrN2S-2. The maximum Gasteiger partial charge on any atom is 0 e. The molecule has 1 fully saturated rings. The third-order valence-corrected chi connectivity index (χ3v) is 14.5. The summed E-state index contributed by atoms with van der Waals surface area (Å²) < 4.78 is 75.8. The van der Waals surface area contributed by atoms with Gasteiger partial charge < -0.3 is 4.98 Å². The Morgan fingerprint density at radius 2 is 1.78 bits per heavy atom. The Morgan fingerprint density at radius 1 is 0.959 bits per heavy atom. The van der Waals surface area contributed by atoms with Gasteiger partial charge in [-0.05, 0) is 65.0 Å². The quantitative estimate of drug-likeness (QED) is 0.118. The average Bonchev–Trinajstić information content (AvgIpc) is 3.55. The van der Waals surface area contributed by atoms with Crippen LogP contribution in [0.4, 0.5) is 0 Å². The van der Waals surface area contributed by atoms with Crippen LogP contribution in [0.5, 0.6) is 0 Å². The van der Waals surface area contributed by atoms with Crippen molar-refractivity contribution in [3.8, 4) is 22.5 Å². The van der Waals surface area contributed by atoms with Crippen molar-refractivity contribution in [1.29, 1.82) is 0 Å². The minimum absolute atomic E-state index is 0. The fourth-order valence-electron chi connectivity index (χ4n) is 6.56. The molecule has 0 aliphatic heterocycles. The zero-order valence-corrected chi connectivity index (χ0v) is 34.5. The first-order valence-corrected chi connectivity index (χ1v) is 25.1. The van der Waals surface area contributed by atoms with Crippen molar-refractivity contribution < 1.29 is 32.4 Å². The summed E-state index contributed by atoms with van der Waals surface area (Å²) in [4.78, 5) is 9.13. The number of hydrogen-bond acceptors (Lipinski definition) is 3. The molecular weight excluding hydrogens is 853 g/mol. The van der Waals surface area contributed by atoms with Gasteiger partial charge >= 0.3 is 132 Å². The Morgan fingerprint density at radius 3 is 2.51 bits per heavy atom. The van der Waals surface area contributed by atoms with Crippen molar-refractivity contribution in [3.63, 3.8) is 0 Å². The van der Waals surface area contributed by atoms with Crippen molar-refractivity contribution in [2.45, 2.75) is 89.3 Å². The van der Waals surface area contributed by atoms with E-state index in [2.05, 4.69) is 45.4 Å². The third-order valence-electron chi connectivity index (χ3n) is 9.10. The average molecular weight is 913 g/mol. The van der Waals surface area contributed by atoms with Gasteiger partial charge in [-0.2, -0.15) is 11.3 Å². The first-order valence-electron chi connectivity index (χ1n) is 21.5. The Balaban J connectivity index is 0.000000224. The maximum atomic E-state index is 9.17. The van der Waals surface area contributed by atoms with Gasteiger partial charge in [-0.3, -0.25) is 0 Å². The molecule has 0 bridgehead atoms. The monoisotopic (exact) mass is 914 g/mol. The van der Waals surface area contributed by atoms with Gasteiger partial charge in [0.25, 0.3) is 0 Å². The zero-order valence-electron chi connectivity index (χ0n) is 38.2. The van der Waals surface area contributed by atoms with Gasteiger partial charge in [0, 0.05) is 36.5 Å². The van der Waals surface area contributed by atoms with Crippen LogP contribution in [0, 0.1) is 30.8 Å². The van der Waals surface area contributed by atoms with Crippen LogP contribution in [-0.4, -0.2) is 23.2 Å². The molecule has 6 aromatic rings. The summed E-state index contributed by atoms with van der Waals surface area (Å²) >= 11 is -0.757. The van der Waals surface area contributed by atoms with Crippen LogP contribution in [0.2, 0.25) is 17.3 Å².